The lowest BCUT2D eigenvalue weighted by atomic mass is 10.2. The van der Waals surface area contributed by atoms with Gasteiger partial charge in [-0.05, 0) is 11.6 Å². The molecule has 0 saturated heterocycles. The van der Waals surface area contributed by atoms with E-state index in [0.717, 1.165) is 16.1 Å². The average molecular weight is 366 g/mol. The molecule has 7 heteroatoms. The third-order valence-corrected chi connectivity index (χ3v) is 4.50. The molecule has 3 rings (SSSR count). The van der Waals surface area contributed by atoms with Gasteiger partial charge in [-0.25, -0.2) is 4.98 Å². The number of aromatic nitrogens is 2. The Kier molecular flexibility index (Phi) is 6.05. The lowest BCUT2D eigenvalue weighted by molar-refractivity contribution is -0.121. The van der Waals surface area contributed by atoms with Crippen molar-refractivity contribution in [3.05, 3.63) is 71.5 Å². The molecule has 0 bridgehead atoms. The van der Waals surface area contributed by atoms with Gasteiger partial charge in [-0.15, -0.1) is 11.3 Å². The maximum atomic E-state index is 12.1. The van der Waals surface area contributed by atoms with E-state index in [1.165, 1.54) is 11.3 Å². The summed E-state index contributed by atoms with van der Waals surface area (Å²) in [5.74, 6) is -0.402. The third kappa shape index (κ3) is 4.97. The van der Waals surface area contributed by atoms with Crippen LogP contribution < -0.4 is 10.6 Å². The van der Waals surface area contributed by atoms with Crippen LogP contribution in [0.25, 0.3) is 10.6 Å². The molecule has 2 aromatic heterocycles. The van der Waals surface area contributed by atoms with E-state index in [2.05, 4.69) is 20.6 Å². The number of nitrogens with zero attached hydrogens (tertiary/aromatic N) is 2. The Morgan fingerprint density at radius 2 is 1.88 bits per heavy atom. The lowest BCUT2D eigenvalue weighted by Crippen LogP contribution is -2.30. The van der Waals surface area contributed by atoms with Crippen molar-refractivity contribution in [2.75, 3.05) is 6.54 Å². The molecule has 0 spiro atoms. The van der Waals surface area contributed by atoms with E-state index in [1.807, 2.05) is 42.5 Å². The number of hydrogen-bond acceptors (Lipinski definition) is 5. The number of thiazole rings is 1. The molecule has 2 N–H and O–H groups in total. The molecular formula is C19H18N4O2S. The summed E-state index contributed by atoms with van der Waals surface area (Å²) < 4.78 is 0. The first-order valence-corrected chi connectivity index (χ1v) is 9.05. The second kappa shape index (κ2) is 8.87. The van der Waals surface area contributed by atoms with Crippen molar-refractivity contribution in [1.82, 2.24) is 20.6 Å². The molecule has 1 aromatic carbocycles. The van der Waals surface area contributed by atoms with Crippen molar-refractivity contribution in [3.8, 4) is 10.6 Å². The molecule has 2 heterocycles. The van der Waals surface area contributed by atoms with Gasteiger partial charge in [0.2, 0.25) is 5.91 Å². The number of rotatable bonds is 7. The second-order valence-electron chi connectivity index (χ2n) is 5.55. The molecular weight excluding hydrogens is 348 g/mol. The molecule has 0 atom stereocenters. The minimum Gasteiger partial charge on any atom is -0.352 e. The van der Waals surface area contributed by atoms with Gasteiger partial charge in [0.1, 0.15) is 10.7 Å². The normalized spacial score (nSPS) is 10.3. The van der Waals surface area contributed by atoms with Crippen LogP contribution in [0.1, 0.15) is 22.5 Å². The van der Waals surface area contributed by atoms with Crippen LogP contribution in [0.2, 0.25) is 0 Å². The fourth-order valence-electron chi connectivity index (χ4n) is 2.26. The number of nitrogens with one attached hydrogen (secondary N) is 2. The number of carbonyl (C=O) groups excluding carboxylic acids is 2. The molecule has 0 aliphatic rings. The van der Waals surface area contributed by atoms with Crippen molar-refractivity contribution in [2.24, 2.45) is 0 Å². The molecule has 0 unspecified atom stereocenters. The van der Waals surface area contributed by atoms with Crippen LogP contribution in [-0.4, -0.2) is 28.3 Å². The first kappa shape index (κ1) is 17.8. The molecule has 26 heavy (non-hydrogen) atoms. The third-order valence-electron chi connectivity index (χ3n) is 3.61. The van der Waals surface area contributed by atoms with Crippen LogP contribution in [0.5, 0.6) is 0 Å². The van der Waals surface area contributed by atoms with Crippen LogP contribution in [0, 0.1) is 0 Å². The molecule has 0 radical (unpaired) electrons. The van der Waals surface area contributed by atoms with Gasteiger partial charge in [-0.1, -0.05) is 36.4 Å². The van der Waals surface area contributed by atoms with Gasteiger partial charge in [0.25, 0.3) is 5.91 Å². The molecule has 6 nitrogen and oxygen atoms in total. The van der Waals surface area contributed by atoms with E-state index in [-0.39, 0.29) is 24.8 Å². The van der Waals surface area contributed by atoms with E-state index in [0.29, 0.717) is 12.2 Å². The van der Waals surface area contributed by atoms with Gasteiger partial charge in [0.05, 0.1) is 0 Å². The quantitative estimate of drug-likeness (QED) is 0.673. The average Bonchev–Trinajstić information content (AvgIpc) is 3.18. The SMILES string of the molecule is O=C(CCNC(=O)c1csc(-c2ccccc2)n1)NCc1cccnc1. The van der Waals surface area contributed by atoms with Gasteiger partial charge in [-0.3, -0.25) is 14.6 Å². The summed E-state index contributed by atoms with van der Waals surface area (Å²) >= 11 is 1.42. The van der Waals surface area contributed by atoms with E-state index < -0.39 is 0 Å². The fraction of sp³-hybridized carbons (Fsp3) is 0.158. The second-order valence-corrected chi connectivity index (χ2v) is 6.41. The van der Waals surface area contributed by atoms with Gasteiger partial charge < -0.3 is 10.6 Å². The van der Waals surface area contributed by atoms with Crippen LogP contribution in [0.4, 0.5) is 0 Å². The van der Waals surface area contributed by atoms with Crippen LogP contribution >= 0.6 is 11.3 Å². The van der Waals surface area contributed by atoms with Crippen molar-refractivity contribution in [3.63, 3.8) is 0 Å². The fourth-order valence-corrected chi connectivity index (χ4v) is 3.07. The highest BCUT2D eigenvalue weighted by molar-refractivity contribution is 7.13. The first-order valence-electron chi connectivity index (χ1n) is 8.17. The highest BCUT2D eigenvalue weighted by Gasteiger charge is 2.12. The zero-order chi connectivity index (χ0) is 18.2. The maximum absolute atomic E-state index is 12.1. The molecule has 0 aliphatic heterocycles. The molecule has 0 fully saturated rings. The van der Waals surface area contributed by atoms with Gasteiger partial charge in [0.15, 0.2) is 0 Å². The van der Waals surface area contributed by atoms with Gasteiger partial charge in [-0.2, -0.15) is 0 Å². The highest BCUT2D eigenvalue weighted by atomic mass is 32.1. The summed E-state index contributed by atoms with van der Waals surface area (Å²) in [5, 5.41) is 8.04. The van der Waals surface area contributed by atoms with E-state index in [9.17, 15) is 9.59 Å². The van der Waals surface area contributed by atoms with Gasteiger partial charge >= 0.3 is 0 Å². The summed E-state index contributed by atoms with van der Waals surface area (Å²) in [7, 11) is 0. The smallest absolute Gasteiger partial charge is 0.270 e. The predicted molar refractivity (Wildman–Crippen MR) is 101 cm³/mol. The molecule has 132 valence electrons. The van der Waals surface area contributed by atoms with E-state index >= 15 is 0 Å². The topological polar surface area (TPSA) is 84.0 Å². The lowest BCUT2D eigenvalue weighted by Gasteiger charge is -2.06. The van der Waals surface area contributed by atoms with E-state index in [1.54, 1.807) is 17.8 Å². The summed E-state index contributed by atoms with van der Waals surface area (Å²) in [6.45, 7) is 0.684. The monoisotopic (exact) mass is 366 g/mol. The Morgan fingerprint density at radius 3 is 2.65 bits per heavy atom. The number of amides is 2. The summed E-state index contributed by atoms with van der Waals surface area (Å²) in [6.07, 6.45) is 3.60. The number of hydrogen-bond donors (Lipinski definition) is 2. The number of pyridine rings is 1. The Hall–Kier alpha value is -3.06. The number of carbonyl (C=O) groups is 2. The van der Waals surface area contributed by atoms with Crippen LogP contribution in [0.3, 0.4) is 0 Å². The zero-order valence-electron chi connectivity index (χ0n) is 14.0. The highest BCUT2D eigenvalue weighted by Crippen LogP contribution is 2.23. The van der Waals surface area contributed by atoms with E-state index in [4.69, 9.17) is 0 Å². The minimum atomic E-state index is -0.275. The van der Waals surface area contributed by atoms with Crippen molar-refractivity contribution in [1.29, 1.82) is 0 Å². The predicted octanol–water partition coefficient (Wildman–Crippen LogP) is 2.64. The molecule has 0 aliphatic carbocycles. The van der Waals surface area contributed by atoms with Crippen molar-refractivity contribution >= 4 is 23.2 Å². The Labute approximate surface area is 155 Å². The molecule has 3 aromatic rings. The van der Waals surface area contributed by atoms with Crippen molar-refractivity contribution in [2.45, 2.75) is 13.0 Å². The molecule has 0 saturated carbocycles. The Bertz CT molecular complexity index is 866. The van der Waals surface area contributed by atoms with Gasteiger partial charge in [0, 0.05) is 42.8 Å². The summed E-state index contributed by atoms with van der Waals surface area (Å²) in [5.41, 5.74) is 2.27. The standard InChI is InChI=1S/C19H18N4O2S/c24-17(22-12-14-5-4-9-20-11-14)8-10-21-18(25)16-13-26-19(23-16)15-6-2-1-3-7-15/h1-7,9,11,13H,8,10,12H2,(H,21,25)(H,22,24). The molecule has 2 amide bonds. The Balaban J connectivity index is 1.43. The summed E-state index contributed by atoms with van der Waals surface area (Å²) in [4.78, 5) is 32.3. The van der Waals surface area contributed by atoms with Crippen LogP contribution in [-0.2, 0) is 11.3 Å². The zero-order valence-corrected chi connectivity index (χ0v) is 14.8. The Morgan fingerprint density at radius 1 is 1.04 bits per heavy atom. The number of benzene rings is 1. The first-order chi connectivity index (χ1) is 12.7. The minimum absolute atomic E-state index is 0.127. The summed E-state index contributed by atoms with van der Waals surface area (Å²) in [6, 6.07) is 13.4. The van der Waals surface area contributed by atoms with Crippen LogP contribution in [0.15, 0.2) is 60.2 Å². The van der Waals surface area contributed by atoms with Crippen molar-refractivity contribution < 1.29 is 9.59 Å². The maximum Gasteiger partial charge on any atom is 0.270 e. The largest absolute Gasteiger partial charge is 0.352 e.